The summed E-state index contributed by atoms with van der Waals surface area (Å²) in [5.41, 5.74) is 0.942. The van der Waals surface area contributed by atoms with Gasteiger partial charge >= 0.3 is 0 Å². The number of para-hydroxylation sites is 1. The summed E-state index contributed by atoms with van der Waals surface area (Å²) in [7, 11) is -3.81. The highest BCUT2D eigenvalue weighted by Gasteiger charge is 2.28. The lowest BCUT2D eigenvalue weighted by Crippen LogP contribution is -2.50. The number of hydrogen-bond donors (Lipinski definition) is 1. The predicted molar refractivity (Wildman–Crippen MR) is 137 cm³/mol. The summed E-state index contributed by atoms with van der Waals surface area (Å²) >= 11 is 1.37. The monoisotopic (exact) mass is 523 g/mol. The molecule has 1 N–H and O–H groups in total. The van der Waals surface area contributed by atoms with E-state index in [9.17, 15) is 18.0 Å². The molecular weight excluding hydrogens is 498 g/mol. The third-order valence-electron chi connectivity index (χ3n) is 6.22. The number of carbonyl (C=O) groups excluding carboxylic acids is 2. The van der Waals surface area contributed by atoms with E-state index in [4.69, 9.17) is 0 Å². The maximum atomic E-state index is 13.1. The second-order valence-electron chi connectivity index (χ2n) is 8.64. The number of piperazine rings is 1. The third kappa shape index (κ3) is 4.95. The average Bonchev–Trinajstić information content (AvgIpc) is 3.34. The van der Waals surface area contributed by atoms with Gasteiger partial charge < -0.3 is 9.80 Å². The van der Waals surface area contributed by atoms with E-state index in [0.29, 0.717) is 48.6 Å². The number of amides is 2. The molecule has 0 saturated carbocycles. The van der Waals surface area contributed by atoms with Gasteiger partial charge in [-0.1, -0.05) is 36.4 Å². The van der Waals surface area contributed by atoms with Crippen LogP contribution >= 0.6 is 11.3 Å². The molecule has 1 fully saturated rings. The summed E-state index contributed by atoms with van der Waals surface area (Å²) in [4.78, 5) is 38.2. The largest absolute Gasteiger partial charge is 0.335 e. The van der Waals surface area contributed by atoms with E-state index in [-0.39, 0.29) is 16.7 Å². The Morgan fingerprint density at radius 1 is 1.03 bits per heavy atom. The zero-order valence-electron chi connectivity index (χ0n) is 19.6. The smallest absolute Gasteiger partial charge is 0.265 e. The van der Waals surface area contributed by atoms with Gasteiger partial charge in [0.15, 0.2) is 0 Å². The molecule has 1 unspecified atom stereocenters. The Bertz CT molecular complexity index is 1480. The Balaban J connectivity index is 1.18. The number of sulfonamides is 1. The van der Waals surface area contributed by atoms with Crippen molar-refractivity contribution in [3.63, 3.8) is 0 Å². The Morgan fingerprint density at radius 2 is 1.75 bits per heavy atom. The number of nitrogens with zero attached hydrogens (tertiary/aromatic N) is 4. The van der Waals surface area contributed by atoms with E-state index >= 15 is 0 Å². The van der Waals surface area contributed by atoms with Crippen LogP contribution in [-0.4, -0.2) is 72.2 Å². The molecule has 186 valence electrons. The van der Waals surface area contributed by atoms with Crippen molar-refractivity contribution in [2.45, 2.75) is 24.3 Å². The summed E-state index contributed by atoms with van der Waals surface area (Å²) in [6.45, 7) is 3.66. The van der Waals surface area contributed by atoms with Gasteiger partial charge in [-0.2, -0.15) is 0 Å². The fraction of sp³-hybridized carbons (Fsp3) is 0.280. The van der Waals surface area contributed by atoms with E-state index in [0.717, 1.165) is 10.4 Å². The number of aromatic nitrogens is 2. The number of benzene rings is 1. The molecule has 3 aromatic rings. The highest BCUT2D eigenvalue weighted by molar-refractivity contribution is 7.89. The number of rotatable bonds is 5. The number of aryl methyl sites for hydroxylation is 1. The first kappa shape index (κ1) is 24.3. The number of hydrogen-bond acceptors (Lipinski definition) is 7. The zero-order valence-corrected chi connectivity index (χ0v) is 21.3. The van der Waals surface area contributed by atoms with Gasteiger partial charge in [0.05, 0.1) is 16.7 Å². The van der Waals surface area contributed by atoms with E-state index in [1.165, 1.54) is 17.4 Å². The molecule has 2 amide bonds. The molecule has 0 bridgehead atoms. The second-order valence-corrected chi connectivity index (χ2v) is 11.6. The van der Waals surface area contributed by atoms with Gasteiger partial charge in [0, 0.05) is 49.4 Å². The first-order valence-corrected chi connectivity index (χ1v) is 13.9. The zero-order chi connectivity index (χ0) is 25.3. The van der Waals surface area contributed by atoms with Crippen LogP contribution in [0.1, 0.15) is 21.1 Å². The third-order valence-corrected chi connectivity index (χ3v) is 8.65. The molecule has 1 aliphatic heterocycles. The van der Waals surface area contributed by atoms with Gasteiger partial charge in [0.2, 0.25) is 10.0 Å². The molecule has 0 radical (unpaired) electrons. The molecule has 0 spiro atoms. The van der Waals surface area contributed by atoms with Crippen LogP contribution in [0.3, 0.4) is 0 Å². The lowest BCUT2D eigenvalue weighted by molar-refractivity contribution is -0.128. The molecule has 11 heteroatoms. The molecule has 2 aromatic heterocycles. The minimum absolute atomic E-state index is 0.0546. The van der Waals surface area contributed by atoms with Crippen LogP contribution in [-0.2, 0) is 14.8 Å². The van der Waals surface area contributed by atoms with Gasteiger partial charge in [-0.05, 0) is 25.5 Å². The van der Waals surface area contributed by atoms with Gasteiger partial charge in [0.1, 0.15) is 9.77 Å². The molecule has 2 aliphatic rings. The van der Waals surface area contributed by atoms with Crippen LogP contribution in [0, 0.1) is 6.92 Å². The van der Waals surface area contributed by atoms with Crippen molar-refractivity contribution < 1.29 is 18.0 Å². The molecule has 36 heavy (non-hydrogen) atoms. The van der Waals surface area contributed by atoms with Crippen LogP contribution in [0.25, 0.3) is 10.9 Å². The molecule has 1 atom stereocenters. The highest BCUT2D eigenvalue weighted by atomic mass is 32.2. The molecule has 9 nitrogen and oxygen atoms in total. The Labute approximate surface area is 213 Å². The van der Waals surface area contributed by atoms with E-state index in [1.807, 2.05) is 19.1 Å². The van der Waals surface area contributed by atoms with Crippen molar-refractivity contribution in [2.24, 2.45) is 0 Å². The maximum absolute atomic E-state index is 13.1. The van der Waals surface area contributed by atoms with Crippen molar-refractivity contribution in [3.05, 3.63) is 76.4 Å². The van der Waals surface area contributed by atoms with E-state index in [2.05, 4.69) is 14.7 Å². The van der Waals surface area contributed by atoms with Crippen LogP contribution in [0.2, 0.25) is 0 Å². The summed E-state index contributed by atoms with van der Waals surface area (Å²) < 4.78 is 28.8. The summed E-state index contributed by atoms with van der Waals surface area (Å²) in [5.74, 6) is -0.174. The maximum Gasteiger partial charge on any atom is 0.265 e. The Kier molecular flexibility index (Phi) is 6.69. The summed E-state index contributed by atoms with van der Waals surface area (Å²) in [5, 5.41) is 1.59. The quantitative estimate of drug-likeness (QED) is 0.550. The Hall–Kier alpha value is -3.41. The van der Waals surface area contributed by atoms with Gasteiger partial charge in [-0.25, -0.2) is 18.1 Å². The minimum atomic E-state index is -3.81. The van der Waals surface area contributed by atoms with Crippen molar-refractivity contribution in [3.8, 4) is 0 Å². The van der Waals surface area contributed by atoms with Crippen molar-refractivity contribution >= 4 is 44.1 Å². The van der Waals surface area contributed by atoms with Crippen molar-refractivity contribution in [2.75, 3.05) is 26.2 Å². The van der Waals surface area contributed by atoms with E-state index in [1.54, 1.807) is 52.6 Å². The number of thiazole rings is 1. The van der Waals surface area contributed by atoms with Gasteiger partial charge in [-0.15, -0.1) is 11.3 Å². The SMILES string of the molecule is Cc1ncc(C(=O)N2CCN(C(=O)C3=CCC(NS(=O)(=O)c4cccc5cccnc45)C=C3)CC2)s1. The fourth-order valence-electron chi connectivity index (χ4n) is 4.33. The Morgan fingerprint density at radius 3 is 2.42 bits per heavy atom. The molecule has 1 aliphatic carbocycles. The van der Waals surface area contributed by atoms with Crippen LogP contribution in [0.15, 0.2) is 71.4 Å². The minimum Gasteiger partial charge on any atom is -0.335 e. The molecule has 5 rings (SSSR count). The summed E-state index contributed by atoms with van der Waals surface area (Å²) in [6.07, 6.45) is 8.65. The van der Waals surface area contributed by atoms with Gasteiger partial charge in [-0.3, -0.25) is 14.6 Å². The average molecular weight is 524 g/mol. The first-order chi connectivity index (χ1) is 17.3. The number of carbonyl (C=O) groups is 2. The van der Waals surface area contributed by atoms with Crippen LogP contribution < -0.4 is 4.72 Å². The highest BCUT2D eigenvalue weighted by Crippen LogP contribution is 2.23. The second kappa shape index (κ2) is 9.92. The van der Waals surface area contributed by atoms with Crippen molar-refractivity contribution in [1.82, 2.24) is 24.5 Å². The first-order valence-electron chi connectivity index (χ1n) is 11.6. The van der Waals surface area contributed by atoms with Gasteiger partial charge in [0.25, 0.3) is 11.8 Å². The summed E-state index contributed by atoms with van der Waals surface area (Å²) in [6, 6.07) is 8.16. The molecule has 3 heterocycles. The number of nitrogens with one attached hydrogen (secondary N) is 1. The topological polar surface area (TPSA) is 113 Å². The van der Waals surface area contributed by atoms with Crippen molar-refractivity contribution in [1.29, 1.82) is 0 Å². The van der Waals surface area contributed by atoms with Crippen LogP contribution in [0.4, 0.5) is 0 Å². The predicted octanol–water partition coefficient (Wildman–Crippen LogP) is 2.52. The molecule has 1 saturated heterocycles. The number of fused-ring (bicyclic) bond motifs is 1. The number of pyridine rings is 1. The normalized spacial score (nSPS) is 18.4. The standard InChI is InChI=1S/C25H25N5O4S2/c1-17-27-16-21(35-17)25(32)30-14-12-29(13-15-30)24(31)19-7-9-20(10-8-19)28-36(33,34)22-6-2-4-18-5-3-11-26-23(18)22/h2-9,11,16,20,28H,10,12-15H2,1H3. The lowest BCUT2D eigenvalue weighted by atomic mass is 10.0. The lowest BCUT2D eigenvalue weighted by Gasteiger charge is -2.35. The van der Waals surface area contributed by atoms with E-state index < -0.39 is 16.1 Å². The fourth-order valence-corrected chi connectivity index (χ4v) is 6.46. The molecule has 1 aromatic carbocycles. The van der Waals surface area contributed by atoms with Crippen LogP contribution in [0.5, 0.6) is 0 Å². The molecular formula is C25H25N5O4S2.